The van der Waals surface area contributed by atoms with E-state index in [1.54, 1.807) is 4.90 Å². The second-order valence-corrected chi connectivity index (χ2v) is 5.38. The van der Waals surface area contributed by atoms with Gasteiger partial charge in [-0.15, -0.1) is 0 Å². The summed E-state index contributed by atoms with van der Waals surface area (Å²) in [5.41, 5.74) is 1.19. The Labute approximate surface area is 127 Å². The fraction of sp³-hybridized carbons (Fsp3) is 0.235. The maximum atomic E-state index is 13.2. The topological polar surface area (TPSA) is 32.3 Å². The third-order valence-electron chi connectivity index (χ3n) is 3.79. The van der Waals surface area contributed by atoms with Gasteiger partial charge in [0.25, 0.3) is 5.91 Å². The number of nitrogens with one attached hydrogen (secondary N) is 1. The molecule has 0 bridgehead atoms. The second-order valence-electron chi connectivity index (χ2n) is 5.38. The summed E-state index contributed by atoms with van der Waals surface area (Å²) in [6.07, 6.45) is 0.824. The van der Waals surface area contributed by atoms with Gasteiger partial charge < -0.3 is 10.2 Å². The quantitative estimate of drug-likeness (QED) is 0.943. The molecule has 3 nitrogen and oxygen atoms in total. The number of carbonyl (C=O) groups excluding carboxylic acids is 1. The molecule has 1 fully saturated rings. The van der Waals surface area contributed by atoms with E-state index in [1.807, 2.05) is 30.3 Å². The number of para-hydroxylation sites is 1. The average molecular weight is 302 g/mol. The molecule has 5 heteroatoms. The molecule has 2 aromatic rings. The molecular weight excluding hydrogens is 286 g/mol. The molecule has 1 saturated heterocycles. The summed E-state index contributed by atoms with van der Waals surface area (Å²) in [6.45, 7) is 1.15. The predicted molar refractivity (Wildman–Crippen MR) is 80.7 cm³/mol. The fourth-order valence-electron chi connectivity index (χ4n) is 2.64. The zero-order chi connectivity index (χ0) is 15.5. The SMILES string of the molecule is O=C(c1ccc(F)c(F)c1)N1CC[C@H](Nc2ccccc2)C1. The van der Waals surface area contributed by atoms with E-state index in [1.165, 1.54) is 6.07 Å². The molecule has 114 valence electrons. The van der Waals surface area contributed by atoms with Crippen molar-refractivity contribution in [2.45, 2.75) is 12.5 Å². The first-order valence-electron chi connectivity index (χ1n) is 7.19. The van der Waals surface area contributed by atoms with E-state index < -0.39 is 11.6 Å². The number of likely N-dealkylation sites (tertiary alicyclic amines) is 1. The largest absolute Gasteiger partial charge is 0.380 e. The molecule has 0 aromatic heterocycles. The standard InChI is InChI=1S/C17H16F2N2O/c18-15-7-6-12(10-16(15)19)17(22)21-9-8-14(11-21)20-13-4-2-1-3-5-13/h1-7,10,14,20H,8-9,11H2/t14-/m0/s1. The summed E-state index contributed by atoms with van der Waals surface area (Å²) in [5.74, 6) is -2.21. The van der Waals surface area contributed by atoms with Gasteiger partial charge in [0.1, 0.15) is 0 Å². The van der Waals surface area contributed by atoms with Gasteiger partial charge in [0, 0.05) is 30.4 Å². The minimum absolute atomic E-state index is 0.164. The Kier molecular flexibility index (Phi) is 4.04. The summed E-state index contributed by atoms with van der Waals surface area (Å²) in [7, 11) is 0. The molecule has 0 unspecified atom stereocenters. The monoisotopic (exact) mass is 302 g/mol. The van der Waals surface area contributed by atoms with Crippen LogP contribution in [0.4, 0.5) is 14.5 Å². The lowest BCUT2D eigenvalue weighted by molar-refractivity contribution is 0.0791. The van der Waals surface area contributed by atoms with Crippen LogP contribution in [0.2, 0.25) is 0 Å². The molecule has 0 saturated carbocycles. The first kappa shape index (κ1) is 14.5. The van der Waals surface area contributed by atoms with Gasteiger partial charge in [0.15, 0.2) is 11.6 Å². The molecule has 1 heterocycles. The zero-order valence-electron chi connectivity index (χ0n) is 11.9. The van der Waals surface area contributed by atoms with Gasteiger partial charge >= 0.3 is 0 Å². The van der Waals surface area contributed by atoms with Gasteiger partial charge in [-0.05, 0) is 36.8 Å². The zero-order valence-corrected chi connectivity index (χ0v) is 11.9. The minimum atomic E-state index is -0.996. The van der Waals surface area contributed by atoms with Crippen molar-refractivity contribution in [3.8, 4) is 0 Å². The smallest absolute Gasteiger partial charge is 0.254 e. The normalized spacial score (nSPS) is 17.5. The molecule has 1 N–H and O–H groups in total. The molecular formula is C17H16F2N2O. The van der Waals surface area contributed by atoms with Gasteiger partial charge in [-0.1, -0.05) is 18.2 Å². The Morgan fingerprint density at radius 3 is 2.59 bits per heavy atom. The highest BCUT2D eigenvalue weighted by atomic mass is 19.2. The number of rotatable bonds is 3. The van der Waals surface area contributed by atoms with Gasteiger partial charge in [-0.25, -0.2) is 8.78 Å². The fourth-order valence-corrected chi connectivity index (χ4v) is 2.64. The lowest BCUT2D eigenvalue weighted by Crippen LogP contribution is -2.31. The first-order chi connectivity index (χ1) is 10.6. The van der Waals surface area contributed by atoms with E-state index in [0.29, 0.717) is 13.1 Å². The number of nitrogens with zero attached hydrogens (tertiary/aromatic N) is 1. The van der Waals surface area contributed by atoms with E-state index in [0.717, 1.165) is 24.2 Å². The number of hydrogen-bond acceptors (Lipinski definition) is 2. The Balaban J connectivity index is 1.64. The van der Waals surface area contributed by atoms with E-state index in [-0.39, 0.29) is 17.5 Å². The highest BCUT2D eigenvalue weighted by Gasteiger charge is 2.27. The number of amides is 1. The summed E-state index contributed by atoms with van der Waals surface area (Å²) in [5, 5.41) is 3.37. The molecule has 1 aliphatic rings. The van der Waals surface area contributed by atoms with E-state index in [4.69, 9.17) is 0 Å². The number of hydrogen-bond donors (Lipinski definition) is 1. The highest BCUT2D eigenvalue weighted by Crippen LogP contribution is 2.18. The summed E-state index contributed by atoms with van der Waals surface area (Å²) in [4.78, 5) is 14.0. The third kappa shape index (κ3) is 3.08. The number of benzene rings is 2. The van der Waals surface area contributed by atoms with Crippen LogP contribution in [0.15, 0.2) is 48.5 Å². The molecule has 1 atom stereocenters. The molecule has 0 radical (unpaired) electrons. The van der Waals surface area contributed by atoms with Crippen LogP contribution in [0.1, 0.15) is 16.8 Å². The van der Waals surface area contributed by atoms with Crippen molar-refractivity contribution in [2.24, 2.45) is 0 Å². The summed E-state index contributed by atoms with van der Waals surface area (Å²) >= 11 is 0. The number of halogens is 2. The van der Waals surface area contributed by atoms with E-state index in [2.05, 4.69) is 5.32 Å². The van der Waals surface area contributed by atoms with Crippen molar-refractivity contribution in [1.82, 2.24) is 4.90 Å². The molecule has 0 spiro atoms. The van der Waals surface area contributed by atoms with E-state index in [9.17, 15) is 13.6 Å². The van der Waals surface area contributed by atoms with Crippen LogP contribution in [-0.2, 0) is 0 Å². The lowest BCUT2D eigenvalue weighted by atomic mass is 10.2. The van der Waals surface area contributed by atoms with Crippen LogP contribution in [-0.4, -0.2) is 29.9 Å². The number of carbonyl (C=O) groups is 1. The molecule has 2 aromatic carbocycles. The van der Waals surface area contributed by atoms with Crippen LogP contribution < -0.4 is 5.32 Å². The maximum absolute atomic E-state index is 13.2. The van der Waals surface area contributed by atoms with Gasteiger partial charge in [-0.2, -0.15) is 0 Å². The van der Waals surface area contributed by atoms with Crippen molar-refractivity contribution in [3.05, 3.63) is 65.7 Å². The predicted octanol–water partition coefficient (Wildman–Crippen LogP) is 3.29. The van der Waals surface area contributed by atoms with Crippen molar-refractivity contribution in [1.29, 1.82) is 0 Å². The first-order valence-corrected chi connectivity index (χ1v) is 7.19. The lowest BCUT2D eigenvalue weighted by Gasteiger charge is -2.18. The Morgan fingerprint density at radius 2 is 1.86 bits per heavy atom. The van der Waals surface area contributed by atoms with Crippen LogP contribution in [0.5, 0.6) is 0 Å². The van der Waals surface area contributed by atoms with Crippen molar-refractivity contribution in [3.63, 3.8) is 0 Å². The Hall–Kier alpha value is -2.43. The molecule has 1 aliphatic heterocycles. The van der Waals surface area contributed by atoms with Gasteiger partial charge in [0.2, 0.25) is 0 Å². The van der Waals surface area contributed by atoms with Gasteiger partial charge in [0.05, 0.1) is 0 Å². The van der Waals surface area contributed by atoms with Crippen molar-refractivity contribution in [2.75, 3.05) is 18.4 Å². The van der Waals surface area contributed by atoms with Gasteiger partial charge in [-0.3, -0.25) is 4.79 Å². The van der Waals surface area contributed by atoms with Crippen molar-refractivity contribution >= 4 is 11.6 Å². The minimum Gasteiger partial charge on any atom is -0.380 e. The summed E-state index contributed by atoms with van der Waals surface area (Å²) in [6, 6.07) is 13.2. The number of anilines is 1. The Morgan fingerprint density at radius 1 is 1.09 bits per heavy atom. The van der Waals surface area contributed by atoms with Crippen LogP contribution >= 0.6 is 0 Å². The molecule has 1 amide bonds. The molecule has 0 aliphatic carbocycles. The van der Waals surface area contributed by atoms with Crippen molar-refractivity contribution < 1.29 is 13.6 Å². The molecule has 22 heavy (non-hydrogen) atoms. The van der Waals surface area contributed by atoms with Crippen LogP contribution in [0, 0.1) is 11.6 Å². The van der Waals surface area contributed by atoms with Crippen LogP contribution in [0.25, 0.3) is 0 Å². The highest BCUT2D eigenvalue weighted by molar-refractivity contribution is 5.94. The summed E-state index contributed by atoms with van der Waals surface area (Å²) < 4.78 is 26.2. The third-order valence-corrected chi connectivity index (χ3v) is 3.79. The molecule has 3 rings (SSSR count). The van der Waals surface area contributed by atoms with Crippen LogP contribution in [0.3, 0.4) is 0 Å². The Bertz CT molecular complexity index is 676. The maximum Gasteiger partial charge on any atom is 0.254 e. The van der Waals surface area contributed by atoms with E-state index >= 15 is 0 Å². The second kappa shape index (κ2) is 6.13. The average Bonchev–Trinajstić information content (AvgIpc) is 2.99.